The van der Waals surface area contributed by atoms with Crippen LogP contribution in [0.4, 0.5) is 0 Å². The minimum Gasteiger partial charge on any atom is -0.377 e. The molecule has 0 aliphatic rings. The van der Waals surface area contributed by atoms with E-state index < -0.39 is 23.7 Å². The van der Waals surface area contributed by atoms with Crippen LogP contribution in [0.3, 0.4) is 0 Å². The van der Waals surface area contributed by atoms with Gasteiger partial charge in [0.05, 0.1) is 11.7 Å². The maximum Gasteiger partial charge on any atom is 0.251 e. The van der Waals surface area contributed by atoms with Crippen molar-refractivity contribution in [1.82, 2.24) is 5.32 Å². The molecule has 0 aliphatic carbocycles. The van der Waals surface area contributed by atoms with Gasteiger partial charge in [0.25, 0.3) is 5.91 Å². The second-order valence-corrected chi connectivity index (χ2v) is 8.60. The summed E-state index contributed by atoms with van der Waals surface area (Å²) < 4.78 is 10.8. The Morgan fingerprint density at radius 3 is 1.97 bits per heavy atom. The molecule has 1 amide bonds. The standard InChI is InChI=1S/C28H29NO5/c1-20(34-28(2,3)4)26(25(31)19-33-5)29-27(32)24-16-14-22(15-17-24)9-7-6-8-21-10-12-23(18-30)13-11-21/h10-18,20,26H,19H2,1-5H3,(H,29,32)/t20-,26?/m1/s1. The minimum absolute atomic E-state index is 0.125. The number of ketones is 1. The van der Waals surface area contributed by atoms with Gasteiger partial charge in [-0.05, 0) is 75.9 Å². The smallest absolute Gasteiger partial charge is 0.251 e. The summed E-state index contributed by atoms with van der Waals surface area (Å²) in [6.07, 6.45) is 0.240. The van der Waals surface area contributed by atoms with Crippen molar-refractivity contribution >= 4 is 18.0 Å². The molecule has 176 valence electrons. The average Bonchev–Trinajstić information content (AvgIpc) is 2.79. The molecule has 2 aromatic carbocycles. The fraction of sp³-hybridized carbons (Fsp3) is 0.321. The molecule has 0 aromatic heterocycles. The molecular formula is C28H29NO5. The van der Waals surface area contributed by atoms with Crippen LogP contribution in [0.2, 0.25) is 0 Å². The van der Waals surface area contributed by atoms with E-state index in [1.807, 2.05) is 20.8 Å². The number of hydrogen-bond acceptors (Lipinski definition) is 5. The zero-order valence-corrected chi connectivity index (χ0v) is 20.1. The van der Waals surface area contributed by atoms with Crippen molar-refractivity contribution in [3.05, 3.63) is 70.8 Å². The van der Waals surface area contributed by atoms with Crippen LogP contribution in [-0.2, 0) is 14.3 Å². The molecule has 0 saturated heterocycles. The number of carbonyl (C=O) groups is 3. The third-order valence-electron chi connectivity index (χ3n) is 4.60. The fourth-order valence-corrected chi connectivity index (χ4v) is 3.10. The number of nitrogens with one attached hydrogen (secondary N) is 1. The molecule has 2 atom stereocenters. The Bertz CT molecular complexity index is 1120. The first kappa shape index (κ1) is 26.5. The molecule has 1 unspecified atom stereocenters. The van der Waals surface area contributed by atoms with Crippen LogP contribution in [0.25, 0.3) is 0 Å². The zero-order chi connectivity index (χ0) is 25.1. The summed E-state index contributed by atoms with van der Waals surface area (Å²) in [4.78, 5) is 36.0. The van der Waals surface area contributed by atoms with Crippen LogP contribution in [0.5, 0.6) is 0 Å². The quantitative estimate of drug-likeness (QED) is 0.483. The first-order valence-electron chi connectivity index (χ1n) is 10.8. The van der Waals surface area contributed by atoms with Gasteiger partial charge in [-0.1, -0.05) is 24.0 Å². The number of ether oxygens (including phenoxy) is 2. The molecule has 2 aromatic rings. The highest BCUT2D eigenvalue weighted by Gasteiger charge is 2.30. The van der Waals surface area contributed by atoms with Crippen molar-refractivity contribution in [2.45, 2.75) is 45.4 Å². The van der Waals surface area contributed by atoms with E-state index in [1.54, 1.807) is 55.5 Å². The third kappa shape index (κ3) is 8.67. The molecule has 0 fully saturated rings. The van der Waals surface area contributed by atoms with Crippen LogP contribution in [0.1, 0.15) is 59.5 Å². The van der Waals surface area contributed by atoms with E-state index in [1.165, 1.54) is 7.11 Å². The highest BCUT2D eigenvalue weighted by Crippen LogP contribution is 2.14. The second-order valence-electron chi connectivity index (χ2n) is 8.60. The molecular weight excluding hydrogens is 430 g/mol. The number of methoxy groups -OCH3 is 1. The number of hydrogen-bond donors (Lipinski definition) is 1. The van der Waals surface area contributed by atoms with Gasteiger partial charge < -0.3 is 14.8 Å². The Morgan fingerprint density at radius 2 is 1.50 bits per heavy atom. The Morgan fingerprint density at radius 1 is 0.971 bits per heavy atom. The van der Waals surface area contributed by atoms with Crippen LogP contribution < -0.4 is 5.32 Å². The molecule has 0 saturated carbocycles. The second kappa shape index (κ2) is 12.5. The number of amides is 1. The summed E-state index contributed by atoms with van der Waals surface area (Å²) in [5.74, 6) is 10.7. The Balaban J connectivity index is 2.07. The average molecular weight is 460 g/mol. The van der Waals surface area contributed by atoms with Gasteiger partial charge in [-0.2, -0.15) is 0 Å². The highest BCUT2D eigenvalue weighted by atomic mass is 16.5. The van der Waals surface area contributed by atoms with E-state index in [9.17, 15) is 14.4 Å². The molecule has 1 N–H and O–H groups in total. The lowest BCUT2D eigenvalue weighted by Crippen LogP contribution is -2.51. The summed E-state index contributed by atoms with van der Waals surface area (Å²) in [5.41, 5.74) is 1.96. The lowest BCUT2D eigenvalue weighted by molar-refractivity contribution is -0.132. The molecule has 0 radical (unpaired) electrons. The molecule has 6 heteroatoms. The zero-order valence-electron chi connectivity index (χ0n) is 20.1. The predicted octanol–water partition coefficient (Wildman–Crippen LogP) is 3.42. The largest absolute Gasteiger partial charge is 0.377 e. The van der Waals surface area contributed by atoms with Crippen molar-refractivity contribution in [3.63, 3.8) is 0 Å². The van der Waals surface area contributed by atoms with E-state index in [-0.39, 0.29) is 12.4 Å². The molecule has 34 heavy (non-hydrogen) atoms. The Kier molecular flexibility index (Phi) is 9.76. The third-order valence-corrected chi connectivity index (χ3v) is 4.60. The van der Waals surface area contributed by atoms with Gasteiger partial charge in [-0.3, -0.25) is 14.4 Å². The van der Waals surface area contributed by atoms with Gasteiger partial charge >= 0.3 is 0 Å². The van der Waals surface area contributed by atoms with E-state index in [0.717, 1.165) is 11.8 Å². The maximum absolute atomic E-state index is 12.8. The number of carbonyl (C=O) groups excluding carboxylic acids is 3. The number of Topliss-reactive ketones (excluding diaryl/α,β-unsaturated/α-hetero) is 1. The van der Waals surface area contributed by atoms with Gasteiger partial charge in [0.2, 0.25) is 0 Å². The van der Waals surface area contributed by atoms with Crippen molar-refractivity contribution in [2.75, 3.05) is 13.7 Å². The lowest BCUT2D eigenvalue weighted by atomic mass is 10.0. The molecule has 0 heterocycles. The van der Waals surface area contributed by atoms with Crippen molar-refractivity contribution < 1.29 is 23.9 Å². The summed E-state index contributed by atoms with van der Waals surface area (Å²) in [7, 11) is 1.43. The summed E-state index contributed by atoms with van der Waals surface area (Å²) in [5, 5.41) is 2.76. The number of aldehydes is 1. The number of rotatable bonds is 8. The minimum atomic E-state index is -0.845. The fourth-order valence-electron chi connectivity index (χ4n) is 3.10. The monoisotopic (exact) mass is 459 g/mol. The SMILES string of the molecule is COCC(=O)C(NC(=O)c1ccc(C#CC#Cc2ccc(C=O)cc2)cc1)[C@@H](C)OC(C)(C)C. The first-order valence-corrected chi connectivity index (χ1v) is 10.8. The summed E-state index contributed by atoms with van der Waals surface area (Å²) in [6.45, 7) is 7.28. The Labute approximate surface area is 201 Å². The normalized spacial score (nSPS) is 12.3. The highest BCUT2D eigenvalue weighted by molar-refractivity contribution is 5.98. The van der Waals surface area contributed by atoms with E-state index >= 15 is 0 Å². The maximum atomic E-state index is 12.8. The number of benzene rings is 2. The molecule has 2 rings (SSSR count). The van der Waals surface area contributed by atoms with Gasteiger partial charge in [-0.25, -0.2) is 0 Å². The molecule has 0 aliphatic heterocycles. The Hall–Kier alpha value is -3.71. The van der Waals surface area contributed by atoms with Crippen LogP contribution in [0, 0.1) is 23.7 Å². The van der Waals surface area contributed by atoms with Crippen LogP contribution in [0.15, 0.2) is 48.5 Å². The van der Waals surface area contributed by atoms with Gasteiger partial charge in [0.15, 0.2) is 5.78 Å². The van der Waals surface area contributed by atoms with Crippen molar-refractivity contribution in [1.29, 1.82) is 0 Å². The van der Waals surface area contributed by atoms with Crippen molar-refractivity contribution in [2.24, 2.45) is 0 Å². The molecule has 6 nitrogen and oxygen atoms in total. The van der Waals surface area contributed by atoms with E-state index in [0.29, 0.717) is 16.7 Å². The molecule has 0 bridgehead atoms. The van der Waals surface area contributed by atoms with E-state index in [4.69, 9.17) is 9.47 Å². The van der Waals surface area contributed by atoms with Crippen LogP contribution >= 0.6 is 0 Å². The first-order chi connectivity index (χ1) is 16.1. The van der Waals surface area contributed by atoms with Gasteiger partial charge in [0, 0.05) is 29.4 Å². The predicted molar refractivity (Wildman–Crippen MR) is 130 cm³/mol. The molecule has 0 spiro atoms. The summed E-state index contributed by atoms with van der Waals surface area (Å²) >= 11 is 0. The topological polar surface area (TPSA) is 81.7 Å². The van der Waals surface area contributed by atoms with Crippen LogP contribution in [-0.4, -0.2) is 49.4 Å². The van der Waals surface area contributed by atoms with Gasteiger partial charge in [0.1, 0.15) is 18.9 Å². The lowest BCUT2D eigenvalue weighted by Gasteiger charge is -2.30. The van der Waals surface area contributed by atoms with E-state index in [2.05, 4.69) is 29.0 Å². The van der Waals surface area contributed by atoms with Gasteiger partial charge in [-0.15, -0.1) is 0 Å². The van der Waals surface area contributed by atoms with Crippen molar-refractivity contribution in [3.8, 4) is 23.7 Å². The summed E-state index contributed by atoms with van der Waals surface area (Å²) in [6, 6.07) is 12.7.